The third-order valence-electron chi connectivity index (χ3n) is 6.98. The number of rotatable bonds is 9. The van der Waals surface area contributed by atoms with Gasteiger partial charge in [-0.3, -0.25) is 15.0 Å². The molecule has 3 amide bonds. The van der Waals surface area contributed by atoms with Crippen LogP contribution in [0.2, 0.25) is 0 Å². The Balaban J connectivity index is 1.07. The molecule has 0 saturated carbocycles. The summed E-state index contributed by atoms with van der Waals surface area (Å²) in [6, 6.07) is 14.9. The van der Waals surface area contributed by atoms with Gasteiger partial charge in [-0.25, -0.2) is 28.8 Å². The van der Waals surface area contributed by atoms with Gasteiger partial charge in [-0.15, -0.1) is 0 Å². The fraction of sp³-hybridized carbons (Fsp3) is 0.250. The number of amides is 3. The molecule has 6 rings (SSSR count). The van der Waals surface area contributed by atoms with Gasteiger partial charge in [-0.05, 0) is 67.1 Å². The van der Waals surface area contributed by atoms with E-state index in [0.717, 1.165) is 34.1 Å². The summed E-state index contributed by atoms with van der Waals surface area (Å²) in [5.74, 6) is 0.854. The highest BCUT2D eigenvalue weighted by Gasteiger charge is 2.22. The maximum atomic E-state index is 14.5. The smallest absolute Gasteiger partial charge is 0.324 e. The third kappa shape index (κ3) is 7.15. The molecule has 5 aromatic rings. The maximum absolute atomic E-state index is 14.5. The molecular formula is C32H31FN8O3S. The molecule has 1 aliphatic rings. The topological polar surface area (TPSA) is 127 Å². The predicted octanol–water partition coefficient (Wildman–Crippen LogP) is 7.08. The van der Waals surface area contributed by atoms with Crippen LogP contribution in [0.1, 0.15) is 38.8 Å². The van der Waals surface area contributed by atoms with E-state index in [1.165, 1.54) is 34.5 Å². The van der Waals surface area contributed by atoms with Gasteiger partial charge in [0.05, 0.1) is 28.7 Å². The van der Waals surface area contributed by atoms with E-state index in [-0.39, 0.29) is 17.6 Å². The van der Waals surface area contributed by atoms with E-state index in [1.807, 2.05) is 12.1 Å². The molecule has 45 heavy (non-hydrogen) atoms. The number of carbonyl (C=O) groups is 2. The summed E-state index contributed by atoms with van der Waals surface area (Å²) in [6.07, 6.45) is 7.78. The number of piperidine rings is 1. The van der Waals surface area contributed by atoms with Crippen LogP contribution in [-0.4, -0.2) is 43.2 Å². The van der Waals surface area contributed by atoms with Crippen LogP contribution in [-0.2, 0) is 11.2 Å². The minimum Gasteiger partial charge on any atom is -0.424 e. The average Bonchev–Trinajstić information content (AvgIpc) is 3.66. The molecule has 0 bridgehead atoms. The second-order valence-electron chi connectivity index (χ2n) is 11.0. The lowest BCUT2D eigenvalue weighted by Gasteiger charge is -2.23. The fourth-order valence-electron chi connectivity index (χ4n) is 4.88. The second kappa shape index (κ2) is 13.2. The fourth-order valence-corrected chi connectivity index (χ4v) is 5.85. The molecule has 13 heteroatoms. The van der Waals surface area contributed by atoms with Gasteiger partial charge < -0.3 is 10.1 Å². The molecule has 0 radical (unpaired) electrons. The van der Waals surface area contributed by atoms with Gasteiger partial charge in [-0.2, -0.15) is 5.10 Å². The molecule has 2 N–H and O–H groups in total. The standard InChI is InChI=1S/C32H31FN8O3S/c1-20(2)15-22-16-28(41(39-22)26-8-4-3-7-25(26)33)38-30(43)37-23-17-34-31(35-18-23)44-24-12-10-21(11-13-24)27-19-36-32(45-27)40-14-6-5-9-29(40)42/h3-4,7-8,10-13,16-20H,5-6,9,14-15H2,1-2H3,(H2,37,38,43). The van der Waals surface area contributed by atoms with Crippen molar-refractivity contribution in [3.05, 3.63) is 84.7 Å². The Labute approximate surface area is 263 Å². The second-order valence-corrected chi connectivity index (χ2v) is 12.0. The van der Waals surface area contributed by atoms with E-state index in [9.17, 15) is 14.0 Å². The normalized spacial score (nSPS) is 13.2. The van der Waals surface area contributed by atoms with Crippen molar-refractivity contribution in [3.8, 4) is 27.9 Å². The minimum atomic E-state index is -0.563. The van der Waals surface area contributed by atoms with Gasteiger partial charge >= 0.3 is 12.0 Å². The number of para-hydroxylation sites is 1. The van der Waals surface area contributed by atoms with Crippen molar-refractivity contribution in [2.75, 3.05) is 22.1 Å². The van der Waals surface area contributed by atoms with Crippen LogP contribution in [0.3, 0.4) is 0 Å². The minimum absolute atomic E-state index is 0.105. The molecule has 0 aliphatic carbocycles. The lowest BCUT2D eigenvalue weighted by Crippen LogP contribution is -2.34. The molecule has 1 aliphatic heterocycles. The number of thiazole rings is 1. The number of hydrogen-bond acceptors (Lipinski definition) is 8. The molecule has 4 heterocycles. The summed E-state index contributed by atoms with van der Waals surface area (Å²) < 4.78 is 21.7. The summed E-state index contributed by atoms with van der Waals surface area (Å²) >= 11 is 1.48. The monoisotopic (exact) mass is 626 g/mol. The lowest BCUT2D eigenvalue weighted by atomic mass is 10.1. The number of benzene rings is 2. The number of carbonyl (C=O) groups excluding carboxylic acids is 2. The molecule has 0 spiro atoms. The molecular weight excluding hydrogens is 595 g/mol. The maximum Gasteiger partial charge on any atom is 0.324 e. The van der Waals surface area contributed by atoms with E-state index in [0.29, 0.717) is 42.6 Å². The van der Waals surface area contributed by atoms with Crippen molar-refractivity contribution in [1.29, 1.82) is 0 Å². The molecule has 3 aromatic heterocycles. The molecule has 1 fully saturated rings. The van der Waals surface area contributed by atoms with E-state index < -0.39 is 11.8 Å². The van der Waals surface area contributed by atoms with Gasteiger partial charge in [0.15, 0.2) is 5.13 Å². The number of anilines is 3. The number of nitrogens with one attached hydrogen (secondary N) is 2. The van der Waals surface area contributed by atoms with Crippen LogP contribution in [0.25, 0.3) is 16.1 Å². The largest absolute Gasteiger partial charge is 0.424 e. The summed E-state index contributed by atoms with van der Waals surface area (Å²) in [5.41, 5.74) is 2.25. The predicted molar refractivity (Wildman–Crippen MR) is 171 cm³/mol. The van der Waals surface area contributed by atoms with E-state index in [4.69, 9.17) is 4.74 Å². The Kier molecular flexibility index (Phi) is 8.78. The lowest BCUT2D eigenvalue weighted by molar-refractivity contribution is -0.119. The quantitative estimate of drug-likeness (QED) is 0.179. The van der Waals surface area contributed by atoms with Crippen molar-refractivity contribution in [1.82, 2.24) is 24.7 Å². The number of halogens is 1. The first-order valence-corrected chi connectivity index (χ1v) is 15.4. The number of aromatic nitrogens is 5. The first-order valence-electron chi connectivity index (χ1n) is 14.6. The van der Waals surface area contributed by atoms with Crippen molar-refractivity contribution >= 4 is 39.9 Å². The Bertz CT molecular complexity index is 1800. The molecule has 0 atom stereocenters. The summed E-state index contributed by atoms with van der Waals surface area (Å²) in [7, 11) is 0. The van der Waals surface area contributed by atoms with Crippen LogP contribution in [0.15, 0.2) is 73.2 Å². The molecule has 2 aromatic carbocycles. The third-order valence-corrected chi connectivity index (χ3v) is 8.05. The van der Waals surface area contributed by atoms with Crippen LogP contribution in [0.5, 0.6) is 11.8 Å². The Morgan fingerprint density at radius 3 is 2.53 bits per heavy atom. The number of ether oxygens (including phenoxy) is 1. The van der Waals surface area contributed by atoms with Crippen LogP contribution >= 0.6 is 11.3 Å². The van der Waals surface area contributed by atoms with E-state index in [1.54, 1.807) is 47.5 Å². The van der Waals surface area contributed by atoms with E-state index in [2.05, 4.69) is 44.5 Å². The molecule has 0 unspecified atom stereocenters. The highest BCUT2D eigenvalue weighted by atomic mass is 32.1. The summed E-state index contributed by atoms with van der Waals surface area (Å²) in [4.78, 5) is 40.7. The van der Waals surface area contributed by atoms with Crippen molar-refractivity contribution < 1.29 is 18.7 Å². The van der Waals surface area contributed by atoms with Crippen LogP contribution in [0.4, 0.5) is 25.8 Å². The average molecular weight is 627 g/mol. The SMILES string of the molecule is CC(C)Cc1cc(NC(=O)Nc2cnc(Oc3ccc(-c4cnc(N5CCCCC5=O)s4)cc3)nc2)n(-c2ccccc2F)n1. The summed E-state index contributed by atoms with van der Waals surface area (Å²) in [5, 5.41) is 10.7. The zero-order chi connectivity index (χ0) is 31.3. The van der Waals surface area contributed by atoms with Gasteiger partial charge in [0, 0.05) is 25.2 Å². The Morgan fingerprint density at radius 1 is 1.02 bits per heavy atom. The van der Waals surface area contributed by atoms with Gasteiger partial charge in [0.1, 0.15) is 23.1 Å². The summed E-state index contributed by atoms with van der Waals surface area (Å²) in [6.45, 7) is 4.82. The molecule has 1 saturated heterocycles. The van der Waals surface area contributed by atoms with E-state index >= 15 is 0 Å². The molecule has 11 nitrogen and oxygen atoms in total. The highest BCUT2D eigenvalue weighted by Crippen LogP contribution is 2.34. The zero-order valence-electron chi connectivity index (χ0n) is 24.7. The van der Waals surface area contributed by atoms with Crippen LogP contribution in [0, 0.1) is 11.7 Å². The first kappa shape index (κ1) is 29.9. The molecule has 230 valence electrons. The van der Waals surface area contributed by atoms with Gasteiger partial charge in [0.25, 0.3) is 0 Å². The van der Waals surface area contributed by atoms with Crippen LogP contribution < -0.4 is 20.3 Å². The van der Waals surface area contributed by atoms with Crippen molar-refractivity contribution in [2.45, 2.75) is 39.5 Å². The Morgan fingerprint density at radius 2 is 1.80 bits per heavy atom. The van der Waals surface area contributed by atoms with Crippen molar-refractivity contribution in [3.63, 3.8) is 0 Å². The van der Waals surface area contributed by atoms with Gasteiger partial charge in [0.2, 0.25) is 5.91 Å². The highest BCUT2D eigenvalue weighted by molar-refractivity contribution is 7.19. The number of hydrogen-bond donors (Lipinski definition) is 2. The number of urea groups is 1. The van der Waals surface area contributed by atoms with Crippen molar-refractivity contribution in [2.24, 2.45) is 5.92 Å². The zero-order valence-corrected chi connectivity index (χ0v) is 25.6. The Hall–Kier alpha value is -5.17. The van der Waals surface area contributed by atoms with Gasteiger partial charge in [-0.1, -0.05) is 37.3 Å². The number of nitrogens with zero attached hydrogens (tertiary/aromatic N) is 6. The first-order chi connectivity index (χ1) is 21.8.